The van der Waals surface area contributed by atoms with Crippen LogP contribution < -0.4 is 16.6 Å². The number of hydrogen-bond acceptors (Lipinski definition) is 5. The second-order valence-corrected chi connectivity index (χ2v) is 5.13. The van der Waals surface area contributed by atoms with Gasteiger partial charge in [0.05, 0.1) is 21.7 Å². The number of nitrogens with two attached hydrogens (primary N) is 1. The zero-order valence-corrected chi connectivity index (χ0v) is 11.4. The molecule has 0 aliphatic rings. The van der Waals surface area contributed by atoms with Crippen LogP contribution in [-0.4, -0.2) is 21.7 Å². The minimum atomic E-state index is -0.578. The van der Waals surface area contributed by atoms with Crippen molar-refractivity contribution in [2.24, 2.45) is 5.84 Å². The molecule has 1 heterocycles. The van der Waals surface area contributed by atoms with E-state index >= 15 is 0 Å². The first-order chi connectivity index (χ1) is 7.77. The molecule has 1 aromatic rings. The summed E-state index contributed by atoms with van der Waals surface area (Å²) in [6, 6.07) is 1.53. The Kier molecular flexibility index (Phi) is 4.43. The monoisotopic (exact) mass is 278 g/mol. The van der Waals surface area contributed by atoms with Gasteiger partial charge in [0.25, 0.3) is 0 Å². The second-order valence-electron chi connectivity index (χ2n) is 4.32. The average Bonchev–Trinajstić information content (AvgIpc) is 2.21. The van der Waals surface area contributed by atoms with E-state index in [4.69, 9.17) is 29.0 Å². The lowest BCUT2D eigenvalue weighted by Gasteiger charge is -2.30. The van der Waals surface area contributed by atoms with Crippen LogP contribution in [0.5, 0.6) is 0 Å². The zero-order chi connectivity index (χ0) is 13.2. The molecule has 0 aliphatic carbocycles. The maximum absolute atomic E-state index is 9.61. The molecule has 1 atom stereocenters. The third kappa shape index (κ3) is 3.35. The standard InChI is InChI=1S/C10H16Cl2N4O/c1-5(17)10(2,3)15-8-6(11)4-7(12)9(14-8)16-13/h4-5,17H,13H2,1-3H3,(H2,14,15,16). The summed E-state index contributed by atoms with van der Waals surface area (Å²) in [5, 5.41) is 13.3. The number of nitrogen functional groups attached to an aromatic ring is 1. The Morgan fingerprint density at radius 2 is 1.88 bits per heavy atom. The predicted molar refractivity (Wildman–Crippen MR) is 71.4 cm³/mol. The highest BCUT2D eigenvalue weighted by atomic mass is 35.5. The number of nitrogens with zero attached hydrogens (tertiary/aromatic N) is 1. The van der Waals surface area contributed by atoms with Crippen LogP contribution in [0.15, 0.2) is 6.07 Å². The number of halogens is 2. The van der Waals surface area contributed by atoms with E-state index in [-0.39, 0.29) is 0 Å². The Labute approximate surface area is 110 Å². The molecule has 1 aromatic heterocycles. The number of nitrogens with one attached hydrogen (secondary N) is 2. The first kappa shape index (κ1) is 14.3. The Balaban J connectivity index is 3.07. The molecule has 96 valence electrons. The summed E-state index contributed by atoms with van der Waals surface area (Å²) in [7, 11) is 0. The maximum atomic E-state index is 9.61. The van der Waals surface area contributed by atoms with Gasteiger partial charge in [-0.1, -0.05) is 23.2 Å². The number of hydrogen-bond donors (Lipinski definition) is 4. The highest BCUT2D eigenvalue weighted by Crippen LogP contribution is 2.30. The minimum Gasteiger partial charge on any atom is -0.391 e. The number of aliphatic hydroxyl groups excluding tert-OH is 1. The first-order valence-electron chi connectivity index (χ1n) is 5.07. The third-order valence-corrected chi connectivity index (χ3v) is 3.13. The number of hydrazine groups is 1. The van der Waals surface area contributed by atoms with E-state index in [2.05, 4.69) is 15.7 Å². The minimum absolute atomic E-state index is 0.319. The molecular formula is C10H16Cl2N4O. The van der Waals surface area contributed by atoms with Crippen molar-refractivity contribution in [1.82, 2.24) is 4.98 Å². The van der Waals surface area contributed by atoms with Crippen LogP contribution in [-0.2, 0) is 0 Å². The summed E-state index contributed by atoms with van der Waals surface area (Å²) >= 11 is 11.9. The molecule has 0 aromatic carbocycles. The zero-order valence-electron chi connectivity index (χ0n) is 9.88. The molecule has 5 nitrogen and oxygen atoms in total. The first-order valence-corrected chi connectivity index (χ1v) is 5.82. The highest BCUT2D eigenvalue weighted by molar-refractivity contribution is 6.37. The van der Waals surface area contributed by atoms with Gasteiger partial charge in [-0.05, 0) is 26.8 Å². The van der Waals surface area contributed by atoms with Crippen LogP contribution in [0, 0.1) is 0 Å². The van der Waals surface area contributed by atoms with Crippen molar-refractivity contribution in [3.8, 4) is 0 Å². The Bertz CT molecular complexity index is 410. The van der Waals surface area contributed by atoms with E-state index in [0.717, 1.165) is 0 Å². The van der Waals surface area contributed by atoms with Crippen molar-refractivity contribution in [3.05, 3.63) is 16.1 Å². The van der Waals surface area contributed by atoms with E-state index in [1.165, 1.54) is 6.07 Å². The topological polar surface area (TPSA) is 83.2 Å². The molecule has 0 saturated heterocycles. The summed E-state index contributed by atoms with van der Waals surface area (Å²) in [5.74, 6) is 6.01. The lowest BCUT2D eigenvalue weighted by Crippen LogP contribution is -2.42. The van der Waals surface area contributed by atoms with Crippen LogP contribution in [0.25, 0.3) is 0 Å². The van der Waals surface area contributed by atoms with Crippen LogP contribution in [0.4, 0.5) is 11.6 Å². The quantitative estimate of drug-likeness (QED) is 0.502. The molecule has 0 aliphatic heterocycles. The summed E-state index contributed by atoms with van der Waals surface area (Å²) < 4.78 is 0. The van der Waals surface area contributed by atoms with E-state index in [0.29, 0.717) is 21.7 Å². The van der Waals surface area contributed by atoms with Gasteiger partial charge in [-0.15, -0.1) is 0 Å². The fraction of sp³-hybridized carbons (Fsp3) is 0.500. The van der Waals surface area contributed by atoms with E-state index in [1.807, 2.05) is 13.8 Å². The van der Waals surface area contributed by atoms with E-state index in [9.17, 15) is 5.11 Å². The van der Waals surface area contributed by atoms with Gasteiger partial charge >= 0.3 is 0 Å². The van der Waals surface area contributed by atoms with Crippen LogP contribution in [0.2, 0.25) is 10.0 Å². The molecule has 17 heavy (non-hydrogen) atoms. The van der Waals surface area contributed by atoms with Crippen LogP contribution in [0.3, 0.4) is 0 Å². The molecule has 0 saturated carbocycles. The number of rotatable bonds is 4. The van der Waals surface area contributed by atoms with Gasteiger partial charge in [-0.2, -0.15) is 0 Å². The van der Waals surface area contributed by atoms with Gasteiger partial charge in [0, 0.05) is 0 Å². The summed E-state index contributed by atoms with van der Waals surface area (Å²) in [6.45, 7) is 5.35. The van der Waals surface area contributed by atoms with Gasteiger partial charge in [0.15, 0.2) is 5.82 Å². The highest BCUT2D eigenvalue weighted by Gasteiger charge is 2.25. The van der Waals surface area contributed by atoms with Gasteiger partial charge in [0.2, 0.25) is 0 Å². The molecule has 1 unspecified atom stereocenters. The average molecular weight is 279 g/mol. The second kappa shape index (κ2) is 5.27. The normalized spacial score (nSPS) is 13.4. The SMILES string of the molecule is CC(O)C(C)(C)Nc1nc(NN)c(Cl)cc1Cl. The van der Waals surface area contributed by atoms with Crippen molar-refractivity contribution in [1.29, 1.82) is 0 Å². The number of aromatic nitrogens is 1. The van der Waals surface area contributed by atoms with Gasteiger partial charge < -0.3 is 15.8 Å². The lowest BCUT2D eigenvalue weighted by molar-refractivity contribution is 0.133. The molecule has 0 radical (unpaired) electrons. The van der Waals surface area contributed by atoms with Gasteiger partial charge in [0.1, 0.15) is 5.82 Å². The molecule has 0 amide bonds. The Hall–Kier alpha value is -0.750. The molecule has 0 bridgehead atoms. The lowest BCUT2D eigenvalue weighted by atomic mass is 9.99. The summed E-state index contributed by atoms with van der Waals surface area (Å²) in [6.07, 6.45) is -0.578. The van der Waals surface area contributed by atoms with E-state index < -0.39 is 11.6 Å². The Morgan fingerprint density at radius 3 is 2.35 bits per heavy atom. The smallest absolute Gasteiger partial charge is 0.161 e. The van der Waals surface area contributed by atoms with Crippen molar-refractivity contribution in [3.63, 3.8) is 0 Å². The number of pyridine rings is 1. The number of aliphatic hydroxyl groups is 1. The van der Waals surface area contributed by atoms with Gasteiger partial charge in [-0.3, -0.25) is 0 Å². The maximum Gasteiger partial charge on any atom is 0.161 e. The molecule has 5 N–H and O–H groups in total. The van der Waals surface area contributed by atoms with Crippen molar-refractivity contribution in [2.75, 3.05) is 10.7 Å². The van der Waals surface area contributed by atoms with Gasteiger partial charge in [-0.25, -0.2) is 10.8 Å². The van der Waals surface area contributed by atoms with E-state index in [1.54, 1.807) is 6.92 Å². The predicted octanol–water partition coefficient (Wildman–Crippen LogP) is 2.25. The van der Waals surface area contributed by atoms with Crippen molar-refractivity contribution < 1.29 is 5.11 Å². The molecule has 0 spiro atoms. The summed E-state index contributed by atoms with van der Waals surface area (Å²) in [5.41, 5.74) is 1.80. The summed E-state index contributed by atoms with van der Waals surface area (Å²) in [4.78, 5) is 4.14. The Morgan fingerprint density at radius 1 is 1.35 bits per heavy atom. The number of anilines is 2. The van der Waals surface area contributed by atoms with Crippen LogP contribution in [0.1, 0.15) is 20.8 Å². The van der Waals surface area contributed by atoms with Crippen LogP contribution >= 0.6 is 23.2 Å². The van der Waals surface area contributed by atoms with Crippen molar-refractivity contribution in [2.45, 2.75) is 32.4 Å². The molecular weight excluding hydrogens is 263 g/mol. The largest absolute Gasteiger partial charge is 0.391 e. The van der Waals surface area contributed by atoms with Crippen molar-refractivity contribution >= 4 is 34.8 Å². The fourth-order valence-electron chi connectivity index (χ4n) is 1.07. The third-order valence-electron chi connectivity index (χ3n) is 2.55. The molecule has 7 heteroatoms. The molecule has 1 rings (SSSR count). The molecule has 0 fully saturated rings. The fourth-order valence-corrected chi connectivity index (χ4v) is 1.53.